The molecule has 0 aromatic rings. The Labute approximate surface area is 99.9 Å². The number of amidine groups is 1. The van der Waals surface area contributed by atoms with E-state index in [9.17, 15) is 0 Å². The molecule has 0 bridgehead atoms. The molecule has 1 unspecified atom stereocenters. The predicted octanol–water partition coefficient (Wildman–Crippen LogP) is 1.06. The Balaban J connectivity index is 2.54. The molecule has 0 saturated heterocycles. The van der Waals surface area contributed by atoms with Crippen LogP contribution in [0.15, 0.2) is 16.4 Å². The Bertz CT molecular complexity index is 345. The molecule has 3 N–H and O–H groups in total. The molecule has 0 amide bonds. The summed E-state index contributed by atoms with van der Waals surface area (Å²) in [5.41, 5.74) is 6.39. The zero-order valence-corrected chi connectivity index (χ0v) is 9.92. The summed E-state index contributed by atoms with van der Waals surface area (Å²) < 4.78 is 5.48. The molecule has 0 fully saturated rings. The maximum absolute atomic E-state index is 8.83. The van der Waals surface area contributed by atoms with E-state index in [1.54, 1.807) is 6.92 Å². The van der Waals surface area contributed by atoms with Crippen molar-refractivity contribution in [1.29, 1.82) is 5.26 Å². The molecule has 6 heteroatoms. The van der Waals surface area contributed by atoms with E-state index in [2.05, 4.69) is 10.3 Å². The van der Waals surface area contributed by atoms with Gasteiger partial charge < -0.3 is 15.8 Å². The number of nitrogens with one attached hydrogen (secondary N) is 1. The number of ether oxygens (including phenoxy) is 1. The molecule has 0 saturated carbocycles. The molecule has 5 nitrogen and oxygen atoms in total. The molecular formula is C10H15ClN4O. The highest BCUT2D eigenvalue weighted by molar-refractivity contribution is 6.17. The zero-order chi connectivity index (χ0) is 12.0. The van der Waals surface area contributed by atoms with E-state index in [1.807, 2.05) is 6.07 Å². The summed E-state index contributed by atoms with van der Waals surface area (Å²) in [5.74, 6) is 1.25. The summed E-state index contributed by atoms with van der Waals surface area (Å²) in [4.78, 5) is 4.18. The quantitative estimate of drug-likeness (QED) is 0.558. The predicted molar refractivity (Wildman–Crippen MR) is 62.8 cm³/mol. The van der Waals surface area contributed by atoms with Crippen molar-refractivity contribution in [2.45, 2.75) is 26.0 Å². The minimum absolute atomic E-state index is 0.315. The van der Waals surface area contributed by atoms with Crippen LogP contribution in [0.3, 0.4) is 0 Å². The average molecular weight is 243 g/mol. The Morgan fingerprint density at radius 1 is 1.62 bits per heavy atom. The Kier molecular flexibility index (Phi) is 5.09. The molecule has 0 aromatic carbocycles. The summed E-state index contributed by atoms with van der Waals surface area (Å²) in [5, 5.41) is 11.6. The third kappa shape index (κ3) is 3.40. The van der Waals surface area contributed by atoms with Gasteiger partial charge in [-0.15, -0.1) is 11.6 Å². The van der Waals surface area contributed by atoms with Gasteiger partial charge in [0.05, 0.1) is 5.70 Å². The minimum Gasteiger partial charge on any atom is -0.396 e. The molecule has 0 aromatic heterocycles. The lowest BCUT2D eigenvalue weighted by molar-refractivity contribution is 0.0783. The fraction of sp³-hybridized carbons (Fsp3) is 0.600. The minimum atomic E-state index is -0.550. The Morgan fingerprint density at radius 3 is 3.00 bits per heavy atom. The molecule has 16 heavy (non-hydrogen) atoms. The topological polar surface area (TPSA) is 83.4 Å². The molecule has 1 rings (SSSR count). The number of hydrogen-bond acceptors (Lipinski definition) is 5. The van der Waals surface area contributed by atoms with Crippen LogP contribution in [0.2, 0.25) is 0 Å². The van der Waals surface area contributed by atoms with Crippen LogP contribution in [-0.4, -0.2) is 24.6 Å². The van der Waals surface area contributed by atoms with Gasteiger partial charge >= 0.3 is 0 Å². The van der Waals surface area contributed by atoms with Gasteiger partial charge in [0, 0.05) is 12.5 Å². The molecule has 0 aliphatic carbocycles. The summed E-state index contributed by atoms with van der Waals surface area (Å²) in [6.07, 6.45) is 1.20. The lowest BCUT2D eigenvalue weighted by Gasteiger charge is -2.21. The normalized spacial score (nSPS) is 20.1. The van der Waals surface area contributed by atoms with Crippen LogP contribution in [0.4, 0.5) is 0 Å². The van der Waals surface area contributed by atoms with Crippen LogP contribution in [0, 0.1) is 11.3 Å². The third-order valence-electron chi connectivity index (χ3n) is 2.09. The van der Waals surface area contributed by atoms with E-state index >= 15 is 0 Å². The molecule has 1 atom stereocenters. The van der Waals surface area contributed by atoms with E-state index in [1.165, 1.54) is 0 Å². The van der Waals surface area contributed by atoms with Gasteiger partial charge in [0.15, 0.2) is 6.23 Å². The zero-order valence-electron chi connectivity index (χ0n) is 9.16. The Morgan fingerprint density at radius 2 is 2.38 bits per heavy atom. The highest BCUT2D eigenvalue weighted by Gasteiger charge is 2.20. The highest BCUT2D eigenvalue weighted by Crippen LogP contribution is 2.12. The van der Waals surface area contributed by atoms with E-state index in [4.69, 9.17) is 27.3 Å². The van der Waals surface area contributed by atoms with E-state index < -0.39 is 6.23 Å². The van der Waals surface area contributed by atoms with Crippen molar-refractivity contribution in [3.8, 4) is 6.07 Å². The second kappa shape index (κ2) is 6.36. The van der Waals surface area contributed by atoms with Crippen LogP contribution >= 0.6 is 11.6 Å². The van der Waals surface area contributed by atoms with Crippen LogP contribution in [0.5, 0.6) is 0 Å². The van der Waals surface area contributed by atoms with E-state index in [0.717, 1.165) is 12.8 Å². The number of alkyl halides is 1. The summed E-state index contributed by atoms with van der Waals surface area (Å²) in [6.45, 7) is 2.30. The molecule has 0 radical (unpaired) electrons. The first-order valence-electron chi connectivity index (χ1n) is 5.07. The number of nitrogens with zero attached hydrogens (tertiary/aromatic N) is 2. The first kappa shape index (κ1) is 12.8. The van der Waals surface area contributed by atoms with Gasteiger partial charge in [0.2, 0.25) is 0 Å². The van der Waals surface area contributed by atoms with Crippen LogP contribution in [-0.2, 0) is 4.74 Å². The van der Waals surface area contributed by atoms with Gasteiger partial charge in [-0.1, -0.05) is 0 Å². The van der Waals surface area contributed by atoms with Crippen molar-refractivity contribution in [1.82, 2.24) is 5.32 Å². The molecule has 1 aliphatic rings. The van der Waals surface area contributed by atoms with E-state index in [-0.39, 0.29) is 0 Å². The number of nitrogens with two attached hydrogens (primary N) is 1. The van der Waals surface area contributed by atoms with Crippen LogP contribution < -0.4 is 11.1 Å². The number of aliphatic imine (C=N–C) groups is 1. The van der Waals surface area contributed by atoms with Gasteiger partial charge in [-0.3, -0.25) is 0 Å². The van der Waals surface area contributed by atoms with Crippen molar-refractivity contribution in [3.63, 3.8) is 0 Å². The third-order valence-corrected chi connectivity index (χ3v) is 2.35. The molecule has 0 spiro atoms. The number of hydrogen-bond donors (Lipinski definition) is 2. The summed E-state index contributed by atoms with van der Waals surface area (Å²) >= 11 is 5.55. The van der Waals surface area contributed by atoms with E-state index in [0.29, 0.717) is 29.7 Å². The summed E-state index contributed by atoms with van der Waals surface area (Å²) in [7, 11) is 0. The standard InChI is InChI=1S/C10H15ClN4O/c1-7-14-8(6-12)9(13)10(15-7)16-5-3-2-4-11/h10H,2-5,13H2,1H3,(H,14,15). The van der Waals surface area contributed by atoms with Gasteiger partial charge in [-0.25, -0.2) is 4.99 Å². The average Bonchev–Trinajstić information content (AvgIpc) is 2.28. The van der Waals surface area contributed by atoms with Crippen LogP contribution in [0.1, 0.15) is 19.8 Å². The smallest absolute Gasteiger partial charge is 0.192 e. The maximum atomic E-state index is 8.83. The number of halogens is 1. The van der Waals surface area contributed by atoms with Crippen molar-refractivity contribution in [2.24, 2.45) is 10.7 Å². The fourth-order valence-electron chi connectivity index (χ4n) is 1.27. The van der Waals surface area contributed by atoms with Crippen molar-refractivity contribution in [3.05, 3.63) is 11.4 Å². The van der Waals surface area contributed by atoms with Gasteiger partial charge in [-0.05, 0) is 19.8 Å². The highest BCUT2D eigenvalue weighted by atomic mass is 35.5. The van der Waals surface area contributed by atoms with Gasteiger partial charge in [0.25, 0.3) is 0 Å². The first-order chi connectivity index (χ1) is 7.69. The number of rotatable bonds is 5. The van der Waals surface area contributed by atoms with Crippen molar-refractivity contribution >= 4 is 17.4 Å². The van der Waals surface area contributed by atoms with Crippen molar-refractivity contribution < 1.29 is 4.74 Å². The number of allylic oxidation sites excluding steroid dienone is 1. The van der Waals surface area contributed by atoms with Crippen molar-refractivity contribution in [2.75, 3.05) is 12.5 Å². The van der Waals surface area contributed by atoms with Crippen LogP contribution in [0.25, 0.3) is 0 Å². The fourth-order valence-corrected chi connectivity index (χ4v) is 1.45. The molecular weight excluding hydrogens is 228 g/mol. The maximum Gasteiger partial charge on any atom is 0.192 e. The second-order valence-corrected chi connectivity index (χ2v) is 3.78. The van der Waals surface area contributed by atoms with Gasteiger partial charge in [-0.2, -0.15) is 5.26 Å². The molecule has 1 heterocycles. The van der Waals surface area contributed by atoms with Gasteiger partial charge in [0.1, 0.15) is 17.6 Å². The SMILES string of the molecule is CC1=NC(OCCCCCl)C(N)=C(C#N)N1. The Hall–Kier alpha value is -1.25. The molecule has 1 aliphatic heterocycles. The largest absolute Gasteiger partial charge is 0.396 e. The first-order valence-corrected chi connectivity index (χ1v) is 5.61. The second-order valence-electron chi connectivity index (χ2n) is 3.40. The lowest BCUT2D eigenvalue weighted by Crippen LogP contribution is -2.35. The lowest BCUT2D eigenvalue weighted by atomic mass is 10.2. The molecule has 88 valence electrons. The number of nitriles is 1. The number of unbranched alkanes of at least 4 members (excludes halogenated alkanes) is 1. The summed E-state index contributed by atoms with van der Waals surface area (Å²) in [6, 6.07) is 1.98. The monoisotopic (exact) mass is 242 g/mol.